The van der Waals surface area contributed by atoms with Crippen LogP contribution < -0.4 is 10.6 Å². The summed E-state index contributed by atoms with van der Waals surface area (Å²) in [5.74, 6) is -0.740. The zero-order valence-corrected chi connectivity index (χ0v) is 12.4. The Bertz CT molecular complexity index is 679. The number of carbonyl (C=O) groups is 2. The average Bonchev–Trinajstić information content (AvgIpc) is 2.86. The van der Waals surface area contributed by atoms with E-state index in [-0.39, 0.29) is 17.6 Å². The van der Waals surface area contributed by atoms with Crippen LogP contribution in [0.4, 0.5) is 4.39 Å². The molecule has 2 aromatic rings. The lowest BCUT2D eigenvalue weighted by Gasteiger charge is -2.07. The van der Waals surface area contributed by atoms with Crippen molar-refractivity contribution in [2.24, 2.45) is 0 Å². The molecule has 0 fully saturated rings. The standard InChI is InChI=1S/C15H17FN4O2/c1-10-14(15(22)18-8-7-17-11(2)21)9-19-20(10)13-5-3-12(16)4-6-13/h3-6,9H,7-8H2,1-2H3,(H,17,21)(H,18,22). The maximum Gasteiger partial charge on any atom is 0.254 e. The molecule has 0 saturated heterocycles. The van der Waals surface area contributed by atoms with Crippen LogP contribution in [0.2, 0.25) is 0 Å². The van der Waals surface area contributed by atoms with E-state index in [1.807, 2.05) is 0 Å². The molecule has 0 spiro atoms. The molecule has 7 heteroatoms. The van der Waals surface area contributed by atoms with E-state index in [2.05, 4.69) is 15.7 Å². The second-order valence-corrected chi connectivity index (χ2v) is 4.77. The van der Waals surface area contributed by atoms with Crippen molar-refractivity contribution in [3.63, 3.8) is 0 Å². The van der Waals surface area contributed by atoms with Crippen molar-refractivity contribution in [3.8, 4) is 5.69 Å². The molecule has 2 amide bonds. The molecular formula is C15H17FN4O2. The number of hydrogen-bond donors (Lipinski definition) is 2. The molecule has 6 nitrogen and oxygen atoms in total. The first-order chi connectivity index (χ1) is 10.5. The molecule has 1 aromatic carbocycles. The van der Waals surface area contributed by atoms with E-state index < -0.39 is 0 Å². The zero-order valence-electron chi connectivity index (χ0n) is 12.4. The Hall–Kier alpha value is -2.70. The molecule has 0 radical (unpaired) electrons. The van der Waals surface area contributed by atoms with Gasteiger partial charge in [-0.15, -0.1) is 0 Å². The van der Waals surface area contributed by atoms with E-state index in [0.29, 0.717) is 30.0 Å². The van der Waals surface area contributed by atoms with Gasteiger partial charge < -0.3 is 10.6 Å². The van der Waals surface area contributed by atoms with Crippen molar-refractivity contribution >= 4 is 11.8 Å². The monoisotopic (exact) mass is 304 g/mol. The van der Waals surface area contributed by atoms with E-state index >= 15 is 0 Å². The molecular weight excluding hydrogens is 287 g/mol. The number of hydrogen-bond acceptors (Lipinski definition) is 3. The summed E-state index contributed by atoms with van der Waals surface area (Å²) in [5, 5.41) is 9.45. The fourth-order valence-corrected chi connectivity index (χ4v) is 1.98. The Balaban J connectivity index is 2.05. The molecule has 0 saturated carbocycles. The van der Waals surface area contributed by atoms with E-state index in [0.717, 1.165) is 0 Å². The average molecular weight is 304 g/mol. The lowest BCUT2D eigenvalue weighted by Crippen LogP contribution is -2.33. The van der Waals surface area contributed by atoms with Crippen LogP contribution in [0, 0.1) is 12.7 Å². The molecule has 1 heterocycles. The minimum atomic E-state index is -0.329. The van der Waals surface area contributed by atoms with Gasteiger partial charge in [0.1, 0.15) is 5.82 Å². The number of nitrogens with zero attached hydrogens (tertiary/aromatic N) is 2. The van der Waals surface area contributed by atoms with Gasteiger partial charge in [-0.3, -0.25) is 9.59 Å². The van der Waals surface area contributed by atoms with Gasteiger partial charge in [0, 0.05) is 20.0 Å². The largest absolute Gasteiger partial charge is 0.355 e. The van der Waals surface area contributed by atoms with Crippen molar-refractivity contribution in [3.05, 3.63) is 47.5 Å². The van der Waals surface area contributed by atoms with Gasteiger partial charge in [0.2, 0.25) is 5.91 Å². The fraction of sp³-hybridized carbons (Fsp3) is 0.267. The first-order valence-electron chi connectivity index (χ1n) is 6.82. The van der Waals surface area contributed by atoms with Crippen molar-refractivity contribution in [2.45, 2.75) is 13.8 Å². The van der Waals surface area contributed by atoms with Crippen LogP contribution >= 0.6 is 0 Å². The number of benzene rings is 1. The summed E-state index contributed by atoms with van der Waals surface area (Å²) in [7, 11) is 0. The normalized spacial score (nSPS) is 10.3. The smallest absolute Gasteiger partial charge is 0.254 e. The van der Waals surface area contributed by atoms with E-state index in [1.54, 1.807) is 23.7 Å². The minimum Gasteiger partial charge on any atom is -0.355 e. The summed E-state index contributed by atoms with van der Waals surface area (Å²) in [6.07, 6.45) is 1.46. The van der Waals surface area contributed by atoms with Gasteiger partial charge in [-0.2, -0.15) is 5.10 Å². The topological polar surface area (TPSA) is 76.0 Å². The summed E-state index contributed by atoms with van der Waals surface area (Å²) in [5.41, 5.74) is 1.77. The van der Waals surface area contributed by atoms with E-state index in [4.69, 9.17) is 0 Å². The summed E-state index contributed by atoms with van der Waals surface area (Å²) in [4.78, 5) is 22.8. The molecule has 1 aromatic heterocycles. The second kappa shape index (κ2) is 6.84. The highest BCUT2D eigenvalue weighted by molar-refractivity contribution is 5.95. The first kappa shape index (κ1) is 15.7. The lowest BCUT2D eigenvalue weighted by atomic mass is 10.2. The predicted octanol–water partition coefficient (Wildman–Crippen LogP) is 1.19. The molecule has 0 unspecified atom stereocenters. The molecule has 2 N–H and O–H groups in total. The van der Waals surface area contributed by atoms with Crippen molar-refractivity contribution in [2.75, 3.05) is 13.1 Å². The van der Waals surface area contributed by atoms with E-state index in [1.165, 1.54) is 25.3 Å². The van der Waals surface area contributed by atoms with Gasteiger partial charge in [-0.25, -0.2) is 9.07 Å². The quantitative estimate of drug-likeness (QED) is 0.815. The fourth-order valence-electron chi connectivity index (χ4n) is 1.98. The van der Waals surface area contributed by atoms with Crippen LogP contribution in [-0.2, 0) is 4.79 Å². The molecule has 116 valence electrons. The molecule has 2 rings (SSSR count). The maximum atomic E-state index is 12.9. The minimum absolute atomic E-state index is 0.144. The number of aromatic nitrogens is 2. The molecule has 0 bridgehead atoms. The SMILES string of the molecule is CC(=O)NCCNC(=O)c1cnn(-c2ccc(F)cc2)c1C. The van der Waals surface area contributed by atoms with Crippen molar-refractivity contribution < 1.29 is 14.0 Å². The maximum absolute atomic E-state index is 12.9. The lowest BCUT2D eigenvalue weighted by molar-refractivity contribution is -0.118. The summed E-state index contributed by atoms with van der Waals surface area (Å²) >= 11 is 0. The number of rotatable bonds is 5. The van der Waals surface area contributed by atoms with E-state index in [9.17, 15) is 14.0 Å². The molecule has 0 aliphatic carbocycles. The molecule has 0 aliphatic rings. The highest BCUT2D eigenvalue weighted by Gasteiger charge is 2.14. The highest BCUT2D eigenvalue weighted by atomic mass is 19.1. The predicted molar refractivity (Wildman–Crippen MR) is 79.3 cm³/mol. The second-order valence-electron chi connectivity index (χ2n) is 4.77. The number of nitrogens with one attached hydrogen (secondary N) is 2. The Morgan fingerprint density at radius 1 is 1.18 bits per heavy atom. The van der Waals surface area contributed by atoms with Gasteiger partial charge in [0.05, 0.1) is 23.1 Å². The third-order valence-corrected chi connectivity index (χ3v) is 3.11. The van der Waals surface area contributed by atoms with Crippen molar-refractivity contribution in [1.82, 2.24) is 20.4 Å². The van der Waals surface area contributed by atoms with Crippen molar-refractivity contribution in [1.29, 1.82) is 0 Å². The zero-order chi connectivity index (χ0) is 16.1. The van der Waals surface area contributed by atoms with Crippen LogP contribution in [0.1, 0.15) is 23.0 Å². The Morgan fingerprint density at radius 3 is 2.45 bits per heavy atom. The Labute approximate surface area is 127 Å². The number of amides is 2. The Morgan fingerprint density at radius 2 is 1.82 bits per heavy atom. The Kier molecular flexibility index (Phi) is 4.88. The van der Waals surface area contributed by atoms with Gasteiger partial charge in [0.25, 0.3) is 5.91 Å². The van der Waals surface area contributed by atoms with Gasteiger partial charge >= 0.3 is 0 Å². The third kappa shape index (κ3) is 3.69. The van der Waals surface area contributed by atoms with Crippen LogP contribution in [0.3, 0.4) is 0 Å². The molecule has 0 atom stereocenters. The third-order valence-electron chi connectivity index (χ3n) is 3.11. The first-order valence-corrected chi connectivity index (χ1v) is 6.82. The van der Waals surface area contributed by atoms with Gasteiger partial charge in [-0.1, -0.05) is 0 Å². The summed E-state index contributed by atoms with van der Waals surface area (Å²) in [6, 6.07) is 5.86. The van der Waals surface area contributed by atoms with Crippen LogP contribution in [-0.4, -0.2) is 34.7 Å². The van der Waals surface area contributed by atoms with Crippen LogP contribution in [0.5, 0.6) is 0 Å². The molecule has 0 aliphatic heterocycles. The number of halogens is 1. The highest BCUT2D eigenvalue weighted by Crippen LogP contribution is 2.14. The van der Waals surface area contributed by atoms with Crippen LogP contribution in [0.25, 0.3) is 5.69 Å². The van der Waals surface area contributed by atoms with Gasteiger partial charge in [0.15, 0.2) is 0 Å². The number of carbonyl (C=O) groups excluding carboxylic acids is 2. The van der Waals surface area contributed by atoms with Crippen LogP contribution in [0.15, 0.2) is 30.5 Å². The van der Waals surface area contributed by atoms with Gasteiger partial charge in [-0.05, 0) is 31.2 Å². The summed E-state index contributed by atoms with van der Waals surface area (Å²) in [6.45, 7) is 3.88. The summed E-state index contributed by atoms with van der Waals surface area (Å²) < 4.78 is 14.5. The molecule has 22 heavy (non-hydrogen) atoms.